The maximum absolute atomic E-state index is 12.4. The van der Waals surface area contributed by atoms with Crippen LogP contribution in [0.3, 0.4) is 0 Å². The third-order valence-corrected chi connectivity index (χ3v) is 4.36. The highest BCUT2D eigenvalue weighted by Crippen LogP contribution is 2.41. The van der Waals surface area contributed by atoms with Crippen LogP contribution >= 0.6 is 0 Å². The number of hydrogen-bond acceptors (Lipinski definition) is 6. The maximum Gasteiger partial charge on any atom is 0.355 e. The van der Waals surface area contributed by atoms with E-state index in [1.165, 1.54) is 7.11 Å². The van der Waals surface area contributed by atoms with E-state index in [9.17, 15) is 4.79 Å². The SMILES string of the molecule is COC(=O)c1[nH]c2cc(OC)c(OC)cc2c1-c1ccc(OC)c(OC)c1. The number of aromatic amines is 1. The average molecular weight is 371 g/mol. The Kier molecular flexibility index (Phi) is 5.12. The monoisotopic (exact) mass is 371 g/mol. The molecule has 0 atom stereocenters. The van der Waals surface area contributed by atoms with E-state index in [0.29, 0.717) is 34.3 Å². The van der Waals surface area contributed by atoms with Crippen LogP contribution in [0.1, 0.15) is 10.5 Å². The van der Waals surface area contributed by atoms with Crippen LogP contribution in [0.4, 0.5) is 0 Å². The number of H-pyrrole nitrogens is 1. The number of fused-ring (bicyclic) bond motifs is 1. The fourth-order valence-electron chi connectivity index (χ4n) is 3.07. The van der Waals surface area contributed by atoms with Crippen molar-refractivity contribution in [3.63, 3.8) is 0 Å². The maximum atomic E-state index is 12.4. The molecule has 2 aromatic carbocycles. The topological polar surface area (TPSA) is 79.0 Å². The fraction of sp³-hybridized carbons (Fsp3) is 0.250. The molecule has 7 nitrogen and oxygen atoms in total. The molecule has 0 aliphatic rings. The van der Waals surface area contributed by atoms with Crippen LogP contribution in [0.5, 0.6) is 23.0 Å². The number of ether oxygens (including phenoxy) is 5. The lowest BCUT2D eigenvalue weighted by molar-refractivity contribution is 0.0596. The fourth-order valence-corrected chi connectivity index (χ4v) is 3.07. The van der Waals surface area contributed by atoms with E-state index in [4.69, 9.17) is 23.7 Å². The van der Waals surface area contributed by atoms with Crippen LogP contribution in [0.2, 0.25) is 0 Å². The number of nitrogens with one attached hydrogen (secondary N) is 1. The van der Waals surface area contributed by atoms with Crippen LogP contribution in [0, 0.1) is 0 Å². The molecule has 1 heterocycles. The predicted molar refractivity (Wildman–Crippen MR) is 101 cm³/mol. The molecule has 0 bridgehead atoms. The molecule has 3 aromatic rings. The summed E-state index contributed by atoms with van der Waals surface area (Å²) in [6.45, 7) is 0. The summed E-state index contributed by atoms with van der Waals surface area (Å²) in [5.74, 6) is 1.79. The molecule has 27 heavy (non-hydrogen) atoms. The molecule has 1 N–H and O–H groups in total. The number of carbonyl (C=O) groups excluding carboxylic acids is 1. The number of benzene rings is 2. The molecule has 1 aromatic heterocycles. The van der Waals surface area contributed by atoms with Crippen LogP contribution in [-0.2, 0) is 4.74 Å². The van der Waals surface area contributed by atoms with Crippen LogP contribution in [0.25, 0.3) is 22.0 Å². The van der Waals surface area contributed by atoms with E-state index in [-0.39, 0.29) is 0 Å². The summed E-state index contributed by atoms with van der Waals surface area (Å²) in [7, 11) is 7.59. The Morgan fingerprint density at radius 1 is 0.778 bits per heavy atom. The molecule has 0 amide bonds. The van der Waals surface area contributed by atoms with Gasteiger partial charge in [-0.25, -0.2) is 4.79 Å². The van der Waals surface area contributed by atoms with Crippen LogP contribution in [0.15, 0.2) is 30.3 Å². The summed E-state index contributed by atoms with van der Waals surface area (Å²) in [5, 5.41) is 0.792. The van der Waals surface area contributed by atoms with Gasteiger partial charge in [0, 0.05) is 17.0 Å². The third kappa shape index (κ3) is 3.12. The van der Waals surface area contributed by atoms with Gasteiger partial charge in [-0.05, 0) is 23.8 Å². The van der Waals surface area contributed by atoms with E-state index in [2.05, 4.69) is 4.98 Å². The van der Waals surface area contributed by atoms with Crippen molar-refractivity contribution in [1.29, 1.82) is 0 Å². The van der Waals surface area contributed by atoms with Crippen molar-refractivity contribution in [1.82, 2.24) is 4.98 Å². The Hall–Kier alpha value is -3.35. The van der Waals surface area contributed by atoms with Gasteiger partial charge in [0.1, 0.15) is 5.69 Å². The quantitative estimate of drug-likeness (QED) is 0.666. The van der Waals surface area contributed by atoms with Crippen molar-refractivity contribution in [2.24, 2.45) is 0 Å². The van der Waals surface area contributed by atoms with Gasteiger partial charge in [0.05, 0.1) is 41.1 Å². The Morgan fingerprint density at radius 2 is 1.37 bits per heavy atom. The highest BCUT2D eigenvalue weighted by molar-refractivity contribution is 6.09. The summed E-state index contributed by atoms with van der Waals surface area (Å²) in [6.07, 6.45) is 0. The normalized spacial score (nSPS) is 10.6. The summed E-state index contributed by atoms with van der Waals surface area (Å²) < 4.78 is 26.4. The first-order chi connectivity index (χ1) is 13.1. The zero-order chi connectivity index (χ0) is 19.6. The first-order valence-corrected chi connectivity index (χ1v) is 8.16. The molecule has 3 rings (SSSR count). The first-order valence-electron chi connectivity index (χ1n) is 8.16. The van der Waals surface area contributed by atoms with Crippen molar-refractivity contribution < 1.29 is 28.5 Å². The van der Waals surface area contributed by atoms with Crippen LogP contribution in [-0.4, -0.2) is 46.5 Å². The standard InChI is InChI=1S/C20H21NO6/c1-23-14-7-6-11(8-15(14)24-2)18-12-9-16(25-3)17(26-4)10-13(12)21-19(18)20(22)27-5/h6-10,21H,1-5H3. The molecular weight excluding hydrogens is 350 g/mol. The second-order valence-electron chi connectivity index (χ2n) is 5.69. The highest BCUT2D eigenvalue weighted by atomic mass is 16.5. The van der Waals surface area contributed by atoms with Gasteiger partial charge < -0.3 is 28.7 Å². The van der Waals surface area contributed by atoms with Gasteiger partial charge in [0.15, 0.2) is 23.0 Å². The summed E-state index contributed by atoms with van der Waals surface area (Å²) >= 11 is 0. The third-order valence-electron chi connectivity index (χ3n) is 4.36. The van der Waals surface area contributed by atoms with Gasteiger partial charge in [0.2, 0.25) is 0 Å². The lowest BCUT2D eigenvalue weighted by atomic mass is 10.0. The smallest absolute Gasteiger partial charge is 0.355 e. The molecule has 7 heteroatoms. The molecule has 0 unspecified atom stereocenters. The minimum absolute atomic E-state index is 0.329. The molecular formula is C20H21NO6. The number of esters is 1. The molecule has 0 saturated carbocycles. The van der Waals surface area contributed by atoms with Gasteiger partial charge in [-0.3, -0.25) is 0 Å². The largest absolute Gasteiger partial charge is 0.493 e. The minimum atomic E-state index is -0.478. The van der Waals surface area contributed by atoms with Gasteiger partial charge in [-0.2, -0.15) is 0 Å². The van der Waals surface area contributed by atoms with E-state index in [1.807, 2.05) is 18.2 Å². The zero-order valence-corrected chi connectivity index (χ0v) is 15.8. The second kappa shape index (κ2) is 7.49. The number of rotatable bonds is 6. The van der Waals surface area contributed by atoms with Crippen molar-refractivity contribution in [3.8, 4) is 34.1 Å². The van der Waals surface area contributed by atoms with Crippen LogP contribution < -0.4 is 18.9 Å². The van der Waals surface area contributed by atoms with Gasteiger partial charge in [-0.15, -0.1) is 0 Å². The van der Waals surface area contributed by atoms with Gasteiger partial charge in [0.25, 0.3) is 0 Å². The minimum Gasteiger partial charge on any atom is -0.493 e. The Balaban J connectivity index is 2.33. The van der Waals surface area contributed by atoms with E-state index >= 15 is 0 Å². The van der Waals surface area contributed by atoms with E-state index < -0.39 is 5.97 Å². The van der Waals surface area contributed by atoms with E-state index in [1.54, 1.807) is 40.6 Å². The average Bonchev–Trinajstić information content (AvgIpc) is 3.09. The molecule has 0 radical (unpaired) electrons. The molecule has 0 fully saturated rings. The first kappa shape index (κ1) is 18.4. The Labute approximate surface area is 156 Å². The summed E-state index contributed by atoms with van der Waals surface area (Å²) in [6, 6.07) is 9.06. The predicted octanol–water partition coefficient (Wildman–Crippen LogP) is 3.66. The van der Waals surface area contributed by atoms with Crippen molar-refractivity contribution >= 4 is 16.9 Å². The molecule has 0 aliphatic heterocycles. The molecule has 0 spiro atoms. The number of hydrogen-bond donors (Lipinski definition) is 1. The van der Waals surface area contributed by atoms with Crippen molar-refractivity contribution in [2.45, 2.75) is 0 Å². The molecule has 142 valence electrons. The van der Waals surface area contributed by atoms with Gasteiger partial charge in [-0.1, -0.05) is 6.07 Å². The van der Waals surface area contributed by atoms with E-state index in [0.717, 1.165) is 16.5 Å². The summed E-state index contributed by atoms with van der Waals surface area (Å²) in [4.78, 5) is 15.5. The van der Waals surface area contributed by atoms with Crippen molar-refractivity contribution in [3.05, 3.63) is 36.0 Å². The Morgan fingerprint density at radius 3 is 1.96 bits per heavy atom. The zero-order valence-electron chi connectivity index (χ0n) is 15.8. The highest BCUT2D eigenvalue weighted by Gasteiger charge is 2.22. The lowest BCUT2D eigenvalue weighted by Crippen LogP contribution is -2.03. The summed E-state index contributed by atoms with van der Waals surface area (Å²) in [5.41, 5.74) is 2.50. The molecule has 0 aliphatic carbocycles. The lowest BCUT2D eigenvalue weighted by Gasteiger charge is -2.11. The number of carbonyl (C=O) groups is 1. The Bertz CT molecular complexity index is 992. The number of methoxy groups -OCH3 is 5. The number of aromatic nitrogens is 1. The second-order valence-corrected chi connectivity index (χ2v) is 5.69. The van der Waals surface area contributed by atoms with Gasteiger partial charge >= 0.3 is 5.97 Å². The molecule has 0 saturated heterocycles. The van der Waals surface area contributed by atoms with Crippen molar-refractivity contribution in [2.75, 3.05) is 35.5 Å².